The molecule has 0 radical (unpaired) electrons. The number of nitrogen functional groups attached to an aromatic ring is 1. The fourth-order valence-electron chi connectivity index (χ4n) is 1.98. The fourth-order valence-corrected chi connectivity index (χ4v) is 1.98. The van der Waals surface area contributed by atoms with E-state index < -0.39 is 0 Å². The molecule has 2 N–H and O–H groups in total. The Kier molecular flexibility index (Phi) is 4.49. The first-order valence-corrected chi connectivity index (χ1v) is 7.03. The van der Waals surface area contributed by atoms with E-state index in [1.807, 2.05) is 45.0 Å². The number of nitriles is 1. The van der Waals surface area contributed by atoms with Crippen molar-refractivity contribution in [2.45, 2.75) is 39.8 Å². The third kappa shape index (κ3) is 3.16. The largest absolute Gasteiger partial charge is 0.471 e. The second-order valence-electron chi connectivity index (χ2n) is 5.15. The van der Waals surface area contributed by atoms with Crippen molar-refractivity contribution in [3.63, 3.8) is 0 Å². The maximum atomic E-state index is 9.24. The van der Waals surface area contributed by atoms with Gasteiger partial charge < -0.3 is 10.5 Å². The Hall–Kier alpha value is -2.48. The third-order valence-corrected chi connectivity index (χ3v) is 3.53. The van der Waals surface area contributed by atoms with Gasteiger partial charge in [-0.2, -0.15) is 5.26 Å². The number of aryl methyl sites for hydroxylation is 1. The molecule has 0 aliphatic heterocycles. The van der Waals surface area contributed by atoms with Crippen molar-refractivity contribution >= 4 is 5.82 Å². The highest BCUT2D eigenvalue weighted by Gasteiger charge is 2.19. The van der Waals surface area contributed by atoms with Gasteiger partial charge in [0.25, 0.3) is 5.88 Å². The molecule has 0 aliphatic carbocycles. The van der Waals surface area contributed by atoms with E-state index in [2.05, 4.69) is 11.2 Å². The molecule has 1 atom stereocenters. The smallest absolute Gasteiger partial charge is 0.253 e. The van der Waals surface area contributed by atoms with E-state index in [1.54, 1.807) is 4.68 Å². The molecule has 0 spiro atoms. The Bertz CT molecular complexity index is 652. The topological polar surface area (TPSA) is 76.9 Å². The molecule has 0 aliphatic rings. The van der Waals surface area contributed by atoms with E-state index in [9.17, 15) is 5.26 Å². The highest BCUT2D eigenvalue weighted by molar-refractivity contribution is 5.55. The first-order valence-electron chi connectivity index (χ1n) is 7.03. The number of benzene rings is 1. The molecule has 2 aromatic rings. The van der Waals surface area contributed by atoms with Crippen LogP contribution in [0, 0.1) is 18.3 Å². The lowest BCUT2D eigenvalue weighted by Crippen LogP contribution is -2.09. The summed E-state index contributed by atoms with van der Waals surface area (Å²) in [5, 5.41) is 13.6. The van der Waals surface area contributed by atoms with E-state index >= 15 is 0 Å². The predicted molar refractivity (Wildman–Crippen MR) is 81.9 cm³/mol. The molecule has 1 unspecified atom stereocenters. The summed E-state index contributed by atoms with van der Waals surface area (Å²) in [5.74, 6) is 0.668. The van der Waals surface area contributed by atoms with Gasteiger partial charge in [-0.15, -0.1) is 5.10 Å². The molecule has 1 aromatic carbocycles. The minimum atomic E-state index is 0.133. The molecule has 1 aromatic heterocycles. The Balaban J connectivity index is 2.20. The van der Waals surface area contributed by atoms with Crippen LogP contribution < -0.4 is 10.5 Å². The number of ether oxygens (including phenoxy) is 1. The zero-order chi connectivity index (χ0) is 15.4. The van der Waals surface area contributed by atoms with Crippen molar-refractivity contribution in [1.29, 1.82) is 5.26 Å². The van der Waals surface area contributed by atoms with Gasteiger partial charge in [0.1, 0.15) is 18.5 Å². The number of anilines is 1. The molecular formula is C16H20N4O. The van der Waals surface area contributed by atoms with Gasteiger partial charge in [0, 0.05) is 0 Å². The number of nitrogens with zero attached hydrogens (tertiary/aromatic N) is 3. The monoisotopic (exact) mass is 284 g/mol. The normalized spacial score (nSPS) is 11.9. The summed E-state index contributed by atoms with van der Waals surface area (Å²) in [6.45, 7) is 6.46. The van der Waals surface area contributed by atoms with E-state index in [0.717, 1.165) is 12.0 Å². The Morgan fingerprint density at radius 1 is 1.38 bits per heavy atom. The van der Waals surface area contributed by atoms with Gasteiger partial charge in [0.15, 0.2) is 5.56 Å². The van der Waals surface area contributed by atoms with E-state index in [4.69, 9.17) is 10.5 Å². The maximum absolute atomic E-state index is 9.24. The Morgan fingerprint density at radius 3 is 2.62 bits per heavy atom. The number of nitrogens with two attached hydrogens (primary N) is 1. The average Bonchev–Trinajstić information content (AvgIpc) is 2.82. The summed E-state index contributed by atoms with van der Waals surface area (Å²) in [5.41, 5.74) is 8.51. The van der Waals surface area contributed by atoms with Gasteiger partial charge in [0.05, 0.1) is 6.04 Å². The van der Waals surface area contributed by atoms with Crippen LogP contribution in [0.15, 0.2) is 24.3 Å². The van der Waals surface area contributed by atoms with E-state index in [0.29, 0.717) is 23.9 Å². The quantitative estimate of drug-likeness (QED) is 0.914. The van der Waals surface area contributed by atoms with Crippen LogP contribution >= 0.6 is 0 Å². The molecule has 21 heavy (non-hydrogen) atoms. The first-order chi connectivity index (χ1) is 10.1. The van der Waals surface area contributed by atoms with Crippen LogP contribution in [0.4, 0.5) is 5.82 Å². The van der Waals surface area contributed by atoms with Crippen molar-refractivity contribution in [2.75, 3.05) is 5.73 Å². The molecule has 0 saturated carbocycles. The van der Waals surface area contributed by atoms with Crippen LogP contribution in [0.25, 0.3) is 0 Å². The Morgan fingerprint density at radius 2 is 2.05 bits per heavy atom. The Labute approximate surface area is 124 Å². The van der Waals surface area contributed by atoms with Gasteiger partial charge in [-0.05, 0) is 25.8 Å². The molecule has 0 bridgehead atoms. The molecular weight excluding hydrogens is 264 g/mol. The van der Waals surface area contributed by atoms with Crippen LogP contribution in [-0.2, 0) is 6.61 Å². The van der Waals surface area contributed by atoms with Crippen molar-refractivity contribution in [2.24, 2.45) is 0 Å². The summed E-state index contributed by atoms with van der Waals surface area (Å²) < 4.78 is 7.33. The predicted octanol–water partition coefficient (Wildman–Crippen LogP) is 3.20. The maximum Gasteiger partial charge on any atom is 0.253 e. The van der Waals surface area contributed by atoms with Crippen LogP contribution in [0.2, 0.25) is 0 Å². The van der Waals surface area contributed by atoms with Crippen LogP contribution in [0.1, 0.15) is 43.0 Å². The first kappa shape index (κ1) is 14.9. The van der Waals surface area contributed by atoms with Crippen LogP contribution in [0.5, 0.6) is 5.88 Å². The zero-order valence-electron chi connectivity index (χ0n) is 12.6. The van der Waals surface area contributed by atoms with Crippen molar-refractivity contribution in [3.8, 4) is 11.9 Å². The van der Waals surface area contributed by atoms with Crippen molar-refractivity contribution in [3.05, 3.63) is 41.0 Å². The average molecular weight is 284 g/mol. The minimum absolute atomic E-state index is 0.133. The molecule has 0 fully saturated rings. The van der Waals surface area contributed by atoms with Crippen LogP contribution in [0.3, 0.4) is 0 Å². The van der Waals surface area contributed by atoms with Gasteiger partial charge in [0.2, 0.25) is 0 Å². The highest BCUT2D eigenvalue weighted by Crippen LogP contribution is 2.27. The molecule has 110 valence electrons. The number of aromatic nitrogens is 2. The second kappa shape index (κ2) is 6.31. The SMILES string of the molecule is CCC(C)n1nc(OCc2ccc(C)cc2)c(C#N)c1N. The summed E-state index contributed by atoms with van der Waals surface area (Å²) in [6, 6.07) is 10.2. The molecule has 5 heteroatoms. The third-order valence-electron chi connectivity index (χ3n) is 3.53. The van der Waals surface area contributed by atoms with Gasteiger partial charge in [-0.3, -0.25) is 0 Å². The number of rotatable bonds is 5. The van der Waals surface area contributed by atoms with E-state index in [1.165, 1.54) is 5.56 Å². The summed E-state index contributed by atoms with van der Waals surface area (Å²) in [7, 11) is 0. The van der Waals surface area contributed by atoms with E-state index in [-0.39, 0.29) is 6.04 Å². The van der Waals surface area contributed by atoms with Gasteiger partial charge in [-0.25, -0.2) is 4.68 Å². The molecule has 2 rings (SSSR count). The van der Waals surface area contributed by atoms with Crippen molar-refractivity contribution in [1.82, 2.24) is 9.78 Å². The summed E-state index contributed by atoms with van der Waals surface area (Å²) >= 11 is 0. The molecule has 5 nitrogen and oxygen atoms in total. The second-order valence-corrected chi connectivity index (χ2v) is 5.15. The summed E-state index contributed by atoms with van der Waals surface area (Å²) in [6.07, 6.45) is 0.883. The molecule has 0 saturated heterocycles. The lowest BCUT2D eigenvalue weighted by atomic mass is 10.2. The van der Waals surface area contributed by atoms with Crippen molar-refractivity contribution < 1.29 is 4.74 Å². The highest BCUT2D eigenvalue weighted by atomic mass is 16.5. The lowest BCUT2D eigenvalue weighted by Gasteiger charge is -2.10. The lowest BCUT2D eigenvalue weighted by molar-refractivity contribution is 0.286. The minimum Gasteiger partial charge on any atom is -0.471 e. The number of hydrogen-bond acceptors (Lipinski definition) is 4. The molecule has 0 amide bonds. The van der Waals surface area contributed by atoms with Crippen LogP contribution in [-0.4, -0.2) is 9.78 Å². The fraction of sp³-hybridized carbons (Fsp3) is 0.375. The summed E-state index contributed by atoms with van der Waals surface area (Å²) in [4.78, 5) is 0. The van der Waals surface area contributed by atoms with Gasteiger partial charge >= 0.3 is 0 Å². The van der Waals surface area contributed by atoms with Gasteiger partial charge in [-0.1, -0.05) is 36.8 Å². The standard InChI is InChI=1S/C16H20N4O/c1-4-12(3)20-15(18)14(9-17)16(19-20)21-10-13-7-5-11(2)6-8-13/h5-8,12H,4,10,18H2,1-3H3. The zero-order valence-corrected chi connectivity index (χ0v) is 12.6. The molecule has 1 heterocycles. The number of hydrogen-bond donors (Lipinski definition) is 1.